The van der Waals surface area contributed by atoms with Gasteiger partial charge < -0.3 is 9.14 Å². The highest BCUT2D eigenvalue weighted by atomic mass is 16.5. The molecule has 0 saturated carbocycles. The third kappa shape index (κ3) is 2.82. The molecule has 0 radical (unpaired) electrons. The molecule has 0 fully saturated rings. The number of hydrogen-bond acceptors (Lipinski definition) is 2. The van der Waals surface area contributed by atoms with E-state index in [2.05, 4.69) is 32.9 Å². The Balaban J connectivity index is 2.29. The Hall–Kier alpha value is -2.55. The van der Waals surface area contributed by atoms with Crippen molar-refractivity contribution in [1.29, 1.82) is 0 Å². The van der Waals surface area contributed by atoms with Crippen LogP contribution in [0.3, 0.4) is 0 Å². The monoisotopic (exact) mass is 321 g/mol. The molecule has 0 unspecified atom stereocenters. The van der Waals surface area contributed by atoms with Crippen LogP contribution in [-0.4, -0.2) is 17.3 Å². The zero-order valence-corrected chi connectivity index (χ0v) is 14.7. The van der Waals surface area contributed by atoms with Crippen LogP contribution in [0.15, 0.2) is 48.7 Å². The van der Waals surface area contributed by atoms with E-state index in [1.807, 2.05) is 47.9 Å². The molecular formula is C21H23NO2. The number of carbonyl (C=O) groups is 1. The van der Waals surface area contributed by atoms with Crippen molar-refractivity contribution in [3.05, 3.63) is 59.9 Å². The van der Waals surface area contributed by atoms with Crippen LogP contribution in [0.2, 0.25) is 0 Å². The molecule has 0 bridgehead atoms. The van der Waals surface area contributed by atoms with Gasteiger partial charge in [-0.05, 0) is 48.2 Å². The third-order valence-corrected chi connectivity index (χ3v) is 4.27. The van der Waals surface area contributed by atoms with Crippen molar-refractivity contribution in [2.75, 3.05) is 6.61 Å². The molecule has 2 aromatic heterocycles. The highest BCUT2D eigenvalue weighted by Gasteiger charge is 2.20. The average molecular weight is 321 g/mol. The van der Waals surface area contributed by atoms with Gasteiger partial charge in [-0.15, -0.1) is 0 Å². The number of fused-ring (bicyclic) bond motifs is 1. The van der Waals surface area contributed by atoms with E-state index in [1.54, 1.807) is 0 Å². The number of nitrogens with zero attached hydrogens (tertiary/aromatic N) is 1. The highest BCUT2D eigenvalue weighted by Crippen LogP contribution is 2.37. The Morgan fingerprint density at radius 3 is 2.54 bits per heavy atom. The van der Waals surface area contributed by atoms with Crippen molar-refractivity contribution in [2.45, 2.75) is 33.1 Å². The van der Waals surface area contributed by atoms with Crippen molar-refractivity contribution in [1.82, 2.24) is 4.40 Å². The fourth-order valence-corrected chi connectivity index (χ4v) is 2.97. The molecule has 2 heterocycles. The third-order valence-electron chi connectivity index (χ3n) is 4.27. The second-order valence-electron chi connectivity index (χ2n) is 6.95. The summed E-state index contributed by atoms with van der Waals surface area (Å²) in [5.74, 6) is 0.810. The van der Waals surface area contributed by atoms with Gasteiger partial charge in [-0.1, -0.05) is 32.9 Å². The van der Waals surface area contributed by atoms with Crippen LogP contribution in [0, 0.1) is 0 Å². The van der Waals surface area contributed by atoms with Crippen LogP contribution >= 0.6 is 0 Å². The van der Waals surface area contributed by atoms with Gasteiger partial charge in [0.1, 0.15) is 5.75 Å². The number of benzene rings is 1. The first-order valence-electron chi connectivity index (χ1n) is 8.28. The van der Waals surface area contributed by atoms with E-state index >= 15 is 0 Å². The molecule has 124 valence electrons. The van der Waals surface area contributed by atoms with E-state index in [9.17, 15) is 4.79 Å². The maximum absolute atomic E-state index is 11.8. The number of aldehydes is 1. The van der Waals surface area contributed by atoms with Crippen LogP contribution in [-0.2, 0) is 5.41 Å². The molecule has 3 rings (SSSR count). The van der Waals surface area contributed by atoms with E-state index in [1.165, 1.54) is 5.56 Å². The van der Waals surface area contributed by atoms with Crippen LogP contribution in [0.25, 0.3) is 16.6 Å². The molecule has 24 heavy (non-hydrogen) atoms. The first kappa shape index (κ1) is 16.3. The maximum atomic E-state index is 11.8. The zero-order valence-electron chi connectivity index (χ0n) is 14.7. The summed E-state index contributed by atoms with van der Waals surface area (Å²) in [4.78, 5) is 11.8. The molecule has 0 atom stereocenters. The zero-order chi connectivity index (χ0) is 17.3. The molecule has 3 heteroatoms. The molecule has 3 aromatic rings. The SMILES string of the molecule is CCOc1ccc(C(C)(C)C)cc1-c1cc2ccccn2c1C=O. The van der Waals surface area contributed by atoms with Crippen LogP contribution in [0.1, 0.15) is 43.7 Å². The minimum Gasteiger partial charge on any atom is -0.493 e. The molecule has 1 aromatic carbocycles. The largest absolute Gasteiger partial charge is 0.493 e. The lowest BCUT2D eigenvalue weighted by atomic mass is 9.85. The first-order valence-corrected chi connectivity index (χ1v) is 8.28. The van der Waals surface area contributed by atoms with Gasteiger partial charge in [-0.3, -0.25) is 4.79 Å². The minimum absolute atomic E-state index is 0.0278. The normalized spacial score (nSPS) is 11.7. The molecule has 0 aliphatic carbocycles. The van der Waals surface area contributed by atoms with Gasteiger partial charge in [-0.2, -0.15) is 0 Å². The lowest BCUT2D eigenvalue weighted by molar-refractivity contribution is 0.111. The number of carbonyl (C=O) groups excluding carboxylic acids is 1. The van der Waals surface area contributed by atoms with Crippen molar-refractivity contribution < 1.29 is 9.53 Å². The maximum Gasteiger partial charge on any atom is 0.167 e. The molecule has 0 saturated heterocycles. The van der Waals surface area contributed by atoms with Gasteiger partial charge in [0.2, 0.25) is 0 Å². The first-order chi connectivity index (χ1) is 11.5. The number of aromatic nitrogens is 1. The minimum atomic E-state index is 0.0278. The fourth-order valence-electron chi connectivity index (χ4n) is 2.97. The average Bonchev–Trinajstić information content (AvgIpc) is 2.92. The lowest BCUT2D eigenvalue weighted by Gasteiger charge is -2.21. The van der Waals surface area contributed by atoms with E-state index in [-0.39, 0.29) is 5.41 Å². The summed E-state index contributed by atoms with van der Waals surface area (Å²) < 4.78 is 7.75. The number of hydrogen-bond donors (Lipinski definition) is 0. The topological polar surface area (TPSA) is 30.7 Å². The van der Waals surface area contributed by atoms with E-state index < -0.39 is 0 Å². The number of rotatable bonds is 4. The van der Waals surface area contributed by atoms with Crippen molar-refractivity contribution >= 4 is 11.8 Å². The summed E-state index contributed by atoms with van der Waals surface area (Å²) in [7, 11) is 0. The smallest absolute Gasteiger partial charge is 0.167 e. The van der Waals surface area contributed by atoms with E-state index in [4.69, 9.17) is 4.74 Å². The van der Waals surface area contributed by atoms with Crippen LogP contribution in [0.4, 0.5) is 0 Å². The van der Waals surface area contributed by atoms with Crippen molar-refractivity contribution in [3.8, 4) is 16.9 Å². The van der Waals surface area contributed by atoms with E-state index in [0.29, 0.717) is 12.3 Å². The summed E-state index contributed by atoms with van der Waals surface area (Å²) in [6, 6.07) is 14.2. The predicted molar refractivity (Wildman–Crippen MR) is 98.1 cm³/mol. The molecule has 0 spiro atoms. The summed E-state index contributed by atoms with van der Waals surface area (Å²) >= 11 is 0. The Morgan fingerprint density at radius 1 is 1.08 bits per heavy atom. The van der Waals surface area contributed by atoms with Crippen molar-refractivity contribution in [3.63, 3.8) is 0 Å². The molecule has 0 aliphatic heterocycles. The summed E-state index contributed by atoms with van der Waals surface area (Å²) in [6.07, 6.45) is 2.83. The quantitative estimate of drug-likeness (QED) is 0.625. The van der Waals surface area contributed by atoms with Gasteiger partial charge >= 0.3 is 0 Å². The van der Waals surface area contributed by atoms with Gasteiger partial charge in [0.25, 0.3) is 0 Å². The lowest BCUT2D eigenvalue weighted by Crippen LogP contribution is -2.11. The predicted octanol–water partition coefficient (Wildman–Crippen LogP) is 5.12. The Morgan fingerprint density at radius 2 is 1.88 bits per heavy atom. The van der Waals surface area contributed by atoms with Crippen molar-refractivity contribution in [2.24, 2.45) is 0 Å². The second-order valence-corrected chi connectivity index (χ2v) is 6.95. The molecular weight excluding hydrogens is 298 g/mol. The fraction of sp³-hybridized carbons (Fsp3) is 0.286. The van der Waals surface area contributed by atoms with Gasteiger partial charge in [-0.25, -0.2) is 0 Å². The number of ether oxygens (including phenoxy) is 1. The summed E-state index contributed by atoms with van der Waals surface area (Å²) in [5.41, 5.74) is 4.77. The van der Waals surface area contributed by atoms with Gasteiger partial charge in [0.15, 0.2) is 6.29 Å². The second kappa shape index (κ2) is 6.16. The van der Waals surface area contributed by atoms with Crippen LogP contribution in [0.5, 0.6) is 5.75 Å². The Kier molecular flexibility index (Phi) is 4.18. The number of pyridine rings is 1. The highest BCUT2D eigenvalue weighted by molar-refractivity contribution is 5.91. The Bertz CT molecular complexity index is 884. The molecule has 3 nitrogen and oxygen atoms in total. The standard InChI is InChI=1S/C21H23NO2/c1-5-24-20-10-9-15(21(2,3)4)12-18(20)17-13-16-8-6-7-11-22(16)19(17)14-23/h6-14H,5H2,1-4H3. The van der Waals surface area contributed by atoms with Gasteiger partial charge in [0, 0.05) is 22.8 Å². The molecule has 0 amide bonds. The molecule has 0 N–H and O–H groups in total. The Labute approximate surface area is 142 Å². The summed E-state index contributed by atoms with van der Waals surface area (Å²) in [5, 5.41) is 0. The van der Waals surface area contributed by atoms with Crippen LogP contribution < -0.4 is 4.74 Å². The summed E-state index contributed by atoms with van der Waals surface area (Å²) in [6.45, 7) is 9.11. The van der Waals surface area contributed by atoms with E-state index in [0.717, 1.165) is 28.7 Å². The van der Waals surface area contributed by atoms with Gasteiger partial charge in [0.05, 0.1) is 12.3 Å². The molecule has 0 aliphatic rings.